The maximum atomic E-state index is 13.5. The van der Waals surface area contributed by atoms with Gasteiger partial charge in [-0.2, -0.15) is 0 Å². The van der Waals surface area contributed by atoms with E-state index in [2.05, 4.69) is 52.1 Å². The number of rotatable bonds is 2. The Morgan fingerprint density at radius 1 is 1.28 bits per heavy atom. The summed E-state index contributed by atoms with van der Waals surface area (Å²) in [5.74, 6) is -0.557. The van der Waals surface area contributed by atoms with Crippen molar-refractivity contribution in [3.63, 3.8) is 0 Å². The summed E-state index contributed by atoms with van der Waals surface area (Å²) in [5.41, 5.74) is 1.30. The van der Waals surface area contributed by atoms with Crippen LogP contribution in [0, 0.1) is 35.5 Å². The number of allylic oxidation sites excluding steroid dienone is 3. The molecule has 2 aliphatic heterocycles. The second-order valence-electron chi connectivity index (χ2n) is 10.2. The van der Waals surface area contributed by atoms with Crippen LogP contribution in [-0.4, -0.2) is 34.7 Å². The van der Waals surface area contributed by atoms with E-state index in [0.717, 1.165) is 18.4 Å². The number of hydrogen-bond acceptors (Lipinski definition) is 4. The molecule has 2 fully saturated rings. The highest BCUT2D eigenvalue weighted by Crippen LogP contribution is 2.57. The van der Waals surface area contributed by atoms with Crippen molar-refractivity contribution in [1.82, 2.24) is 5.32 Å². The first-order chi connectivity index (χ1) is 13.7. The van der Waals surface area contributed by atoms with Crippen LogP contribution in [0.4, 0.5) is 0 Å². The summed E-state index contributed by atoms with van der Waals surface area (Å²) in [4.78, 5) is 26.7. The fourth-order valence-electron chi connectivity index (χ4n) is 6.56. The smallest absolute Gasteiger partial charge is 0.310 e. The van der Waals surface area contributed by atoms with Gasteiger partial charge in [0.2, 0.25) is 5.60 Å². The normalized spacial score (nSPS) is 44.4. The average molecular weight is 402 g/mol. The SMILES string of the molecule is CC1=CCC[C@H](O)C[C@@H]2C(=O)O[C@@]34C(=O)N[C@@H](CC(C)C)[C@@H]3[C@H](C)C(C)=C[C@@H]4[C@@H]12. The molecule has 160 valence electrons. The standard InChI is InChI=1S/C24H35NO4/c1-12(2)9-19-21-15(5)14(4)10-18-20-13(3)7-6-8-16(26)11-17(20)22(27)29-24(18,21)23(28)25-19/h7,10,12,15-21,26H,6,8-9,11H2,1-5H3,(H,25,28)/t15-,16+,17+,18-,19+,20+,21+,24-/m1/s1. The van der Waals surface area contributed by atoms with Crippen molar-refractivity contribution >= 4 is 11.9 Å². The van der Waals surface area contributed by atoms with Gasteiger partial charge in [-0.05, 0) is 51.4 Å². The van der Waals surface area contributed by atoms with E-state index in [4.69, 9.17) is 4.74 Å². The van der Waals surface area contributed by atoms with Gasteiger partial charge in [-0.15, -0.1) is 0 Å². The molecule has 8 atom stereocenters. The molecule has 5 heteroatoms. The number of ether oxygens (including phenoxy) is 1. The number of nitrogens with one attached hydrogen (secondary N) is 1. The molecule has 0 aromatic rings. The van der Waals surface area contributed by atoms with Crippen LogP contribution in [-0.2, 0) is 14.3 Å². The lowest BCUT2D eigenvalue weighted by Crippen LogP contribution is -2.63. The van der Waals surface area contributed by atoms with E-state index in [1.807, 2.05) is 0 Å². The molecule has 0 bridgehead atoms. The highest BCUT2D eigenvalue weighted by molar-refractivity contribution is 5.94. The van der Waals surface area contributed by atoms with Gasteiger partial charge in [0.1, 0.15) is 0 Å². The van der Waals surface area contributed by atoms with E-state index < -0.39 is 17.6 Å². The van der Waals surface area contributed by atoms with Crippen LogP contribution in [0.2, 0.25) is 0 Å². The minimum absolute atomic E-state index is 0.0106. The van der Waals surface area contributed by atoms with Crippen LogP contribution in [0.3, 0.4) is 0 Å². The van der Waals surface area contributed by atoms with Crippen LogP contribution < -0.4 is 5.32 Å². The highest BCUT2D eigenvalue weighted by Gasteiger charge is 2.69. The number of carbonyl (C=O) groups excluding carboxylic acids is 2. The third kappa shape index (κ3) is 3.08. The summed E-state index contributed by atoms with van der Waals surface area (Å²) in [6.45, 7) is 10.7. The third-order valence-electron chi connectivity index (χ3n) is 7.93. The van der Waals surface area contributed by atoms with Crippen LogP contribution in [0.1, 0.15) is 60.3 Å². The van der Waals surface area contributed by atoms with E-state index >= 15 is 0 Å². The minimum Gasteiger partial charge on any atom is -0.448 e. The summed E-state index contributed by atoms with van der Waals surface area (Å²) in [6.07, 6.45) is 6.59. The fraction of sp³-hybridized carbons (Fsp3) is 0.750. The van der Waals surface area contributed by atoms with Crippen LogP contribution >= 0.6 is 0 Å². The first kappa shape index (κ1) is 20.6. The van der Waals surface area contributed by atoms with Gasteiger partial charge < -0.3 is 15.2 Å². The summed E-state index contributed by atoms with van der Waals surface area (Å²) in [6, 6.07) is 0.0106. The van der Waals surface area contributed by atoms with Crippen LogP contribution in [0.5, 0.6) is 0 Å². The second kappa shape index (κ2) is 7.26. The first-order valence-electron chi connectivity index (χ1n) is 11.2. The molecule has 0 radical (unpaired) electrons. The molecular weight excluding hydrogens is 366 g/mol. The second-order valence-corrected chi connectivity index (χ2v) is 10.2. The predicted molar refractivity (Wildman–Crippen MR) is 111 cm³/mol. The van der Waals surface area contributed by atoms with Gasteiger partial charge in [-0.1, -0.05) is 44.1 Å². The summed E-state index contributed by atoms with van der Waals surface area (Å²) >= 11 is 0. The number of amides is 1. The van der Waals surface area contributed by atoms with Crippen molar-refractivity contribution in [3.05, 3.63) is 23.3 Å². The minimum atomic E-state index is -1.13. The molecule has 5 nitrogen and oxygen atoms in total. The molecule has 2 saturated heterocycles. The zero-order valence-corrected chi connectivity index (χ0v) is 18.3. The monoisotopic (exact) mass is 401 g/mol. The van der Waals surface area contributed by atoms with Crippen LogP contribution in [0.15, 0.2) is 23.3 Å². The largest absolute Gasteiger partial charge is 0.448 e. The molecule has 0 unspecified atom stereocenters. The Hall–Kier alpha value is -1.62. The number of fused-ring (bicyclic) bond motifs is 2. The van der Waals surface area contributed by atoms with E-state index in [1.54, 1.807) is 0 Å². The van der Waals surface area contributed by atoms with Crippen molar-refractivity contribution < 1.29 is 19.4 Å². The molecule has 0 saturated carbocycles. The Labute approximate surface area is 174 Å². The number of hydrogen-bond donors (Lipinski definition) is 2. The molecule has 29 heavy (non-hydrogen) atoms. The molecule has 1 amide bonds. The number of aliphatic hydroxyl groups excluding tert-OH is 1. The van der Waals surface area contributed by atoms with Crippen molar-refractivity contribution in [2.24, 2.45) is 35.5 Å². The molecule has 0 aromatic carbocycles. The summed E-state index contributed by atoms with van der Waals surface area (Å²) < 4.78 is 6.17. The van der Waals surface area contributed by atoms with Gasteiger partial charge in [0.05, 0.1) is 12.0 Å². The van der Waals surface area contributed by atoms with E-state index in [9.17, 15) is 14.7 Å². The maximum Gasteiger partial charge on any atom is 0.310 e. The highest BCUT2D eigenvalue weighted by atomic mass is 16.6. The van der Waals surface area contributed by atoms with E-state index in [-0.39, 0.29) is 41.6 Å². The molecule has 2 N–H and O–H groups in total. The Kier molecular flexibility index (Phi) is 5.17. The Morgan fingerprint density at radius 3 is 2.69 bits per heavy atom. The fourth-order valence-corrected chi connectivity index (χ4v) is 6.56. The molecule has 0 aromatic heterocycles. The summed E-state index contributed by atoms with van der Waals surface area (Å²) in [5, 5.41) is 13.6. The van der Waals surface area contributed by atoms with Gasteiger partial charge in [-0.3, -0.25) is 9.59 Å². The molecule has 2 aliphatic carbocycles. The molecular formula is C24H35NO4. The Bertz CT molecular complexity index is 769. The molecule has 4 aliphatic rings. The first-order valence-corrected chi connectivity index (χ1v) is 11.2. The van der Waals surface area contributed by atoms with E-state index in [1.165, 1.54) is 5.57 Å². The van der Waals surface area contributed by atoms with Crippen molar-refractivity contribution in [1.29, 1.82) is 0 Å². The van der Waals surface area contributed by atoms with Gasteiger partial charge in [0.25, 0.3) is 5.91 Å². The Morgan fingerprint density at radius 2 is 2.00 bits per heavy atom. The van der Waals surface area contributed by atoms with Crippen LogP contribution in [0.25, 0.3) is 0 Å². The van der Waals surface area contributed by atoms with E-state index in [0.29, 0.717) is 18.8 Å². The lowest BCUT2D eigenvalue weighted by Gasteiger charge is -2.53. The lowest BCUT2D eigenvalue weighted by molar-refractivity contribution is -0.202. The predicted octanol–water partition coefficient (Wildman–Crippen LogP) is 3.38. The molecule has 4 rings (SSSR count). The Balaban J connectivity index is 1.85. The average Bonchev–Trinajstić information content (AvgIpc) is 2.88. The number of aliphatic hydroxyl groups is 1. The van der Waals surface area contributed by atoms with Gasteiger partial charge in [0.15, 0.2) is 0 Å². The lowest BCUT2D eigenvalue weighted by atomic mass is 9.55. The quantitative estimate of drug-likeness (QED) is 0.549. The molecule has 2 heterocycles. The maximum absolute atomic E-state index is 13.5. The van der Waals surface area contributed by atoms with Crippen molar-refractivity contribution in [2.45, 2.75) is 78.0 Å². The zero-order chi connectivity index (χ0) is 21.1. The number of esters is 1. The van der Waals surface area contributed by atoms with Crippen molar-refractivity contribution in [3.8, 4) is 0 Å². The third-order valence-corrected chi connectivity index (χ3v) is 7.93. The zero-order valence-electron chi connectivity index (χ0n) is 18.3. The van der Waals surface area contributed by atoms with Gasteiger partial charge in [-0.25, -0.2) is 0 Å². The number of carbonyl (C=O) groups is 2. The van der Waals surface area contributed by atoms with Gasteiger partial charge in [0, 0.05) is 23.8 Å². The van der Waals surface area contributed by atoms with Gasteiger partial charge >= 0.3 is 5.97 Å². The topological polar surface area (TPSA) is 75.6 Å². The molecule has 1 spiro atoms. The van der Waals surface area contributed by atoms with Crippen molar-refractivity contribution in [2.75, 3.05) is 0 Å². The summed E-state index contributed by atoms with van der Waals surface area (Å²) in [7, 11) is 0.